The van der Waals surface area contributed by atoms with Gasteiger partial charge in [0.15, 0.2) is 0 Å². The van der Waals surface area contributed by atoms with Gasteiger partial charge in [-0.25, -0.2) is 0 Å². The molecule has 108 valence electrons. The Balaban J connectivity index is 1.60. The fraction of sp³-hybridized carbons (Fsp3) is 0.933. The number of hydrogen-bond donors (Lipinski definition) is 1. The van der Waals surface area contributed by atoms with Crippen molar-refractivity contribution in [1.29, 1.82) is 0 Å². The molecule has 2 aliphatic heterocycles. The molecule has 4 unspecified atom stereocenters. The lowest BCUT2D eigenvalue weighted by atomic mass is 9.85. The number of carbonyl (C=O) groups is 1. The molecule has 1 aliphatic carbocycles. The SMILES string of the molecule is CC1CN(C(=O)C2CC3CCCCC3N2)CCCO1. The van der Waals surface area contributed by atoms with E-state index in [1.165, 1.54) is 25.7 Å². The normalized spacial score (nSPS) is 39.7. The number of fused-ring (bicyclic) bond motifs is 1. The van der Waals surface area contributed by atoms with Gasteiger partial charge in [0.25, 0.3) is 0 Å². The van der Waals surface area contributed by atoms with E-state index in [-0.39, 0.29) is 12.1 Å². The number of rotatable bonds is 1. The summed E-state index contributed by atoms with van der Waals surface area (Å²) in [5, 5.41) is 3.59. The molecule has 3 aliphatic rings. The van der Waals surface area contributed by atoms with Gasteiger partial charge in [-0.3, -0.25) is 4.79 Å². The molecule has 1 amide bonds. The average molecular weight is 266 g/mol. The molecule has 4 heteroatoms. The molecule has 0 radical (unpaired) electrons. The number of nitrogens with one attached hydrogen (secondary N) is 1. The molecule has 4 atom stereocenters. The molecule has 2 heterocycles. The molecule has 19 heavy (non-hydrogen) atoms. The molecule has 4 nitrogen and oxygen atoms in total. The quantitative estimate of drug-likeness (QED) is 0.783. The van der Waals surface area contributed by atoms with Crippen molar-refractivity contribution in [3.05, 3.63) is 0 Å². The van der Waals surface area contributed by atoms with Crippen LogP contribution in [0.15, 0.2) is 0 Å². The third-order valence-corrected chi connectivity index (χ3v) is 4.92. The van der Waals surface area contributed by atoms with E-state index in [9.17, 15) is 4.79 Å². The molecule has 0 aromatic heterocycles. The van der Waals surface area contributed by atoms with Gasteiger partial charge < -0.3 is 15.0 Å². The second-order valence-corrected chi connectivity index (χ2v) is 6.43. The molecule has 0 aromatic rings. The van der Waals surface area contributed by atoms with Crippen molar-refractivity contribution in [2.24, 2.45) is 5.92 Å². The van der Waals surface area contributed by atoms with Gasteiger partial charge in [-0.05, 0) is 38.5 Å². The predicted octanol–water partition coefficient (Wildman–Crippen LogP) is 1.54. The Labute approximate surface area is 115 Å². The Bertz CT molecular complexity index is 320. The zero-order chi connectivity index (χ0) is 13.2. The zero-order valence-electron chi connectivity index (χ0n) is 11.9. The van der Waals surface area contributed by atoms with Crippen molar-refractivity contribution in [3.8, 4) is 0 Å². The van der Waals surface area contributed by atoms with E-state index in [2.05, 4.69) is 12.2 Å². The van der Waals surface area contributed by atoms with Gasteiger partial charge in [0.2, 0.25) is 5.91 Å². The van der Waals surface area contributed by atoms with Crippen molar-refractivity contribution >= 4 is 5.91 Å². The molecule has 0 aromatic carbocycles. The number of ether oxygens (including phenoxy) is 1. The Morgan fingerprint density at radius 2 is 2.11 bits per heavy atom. The first-order valence-electron chi connectivity index (χ1n) is 7.90. The first kappa shape index (κ1) is 13.4. The molecular weight excluding hydrogens is 240 g/mol. The largest absolute Gasteiger partial charge is 0.377 e. The molecule has 1 saturated carbocycles. The monoisotopic (exact) mass is 266 g/mol. The number of nitrogens with zero attached hydrogens (tertiary/aromatic N) is 1. The van der Waals surface area contributed by atoms with Gasteiger partial charge in [0, 0.05) is 25.7 Å². The molecule has 0 bridgehead atoms. The topological polar surface area (TPSA) is 41.6 Å². The van der Waals surface area contributed by atoms with Crippen LogP contribution in [0.4, 0.5) is 0 Å². The van der Waals surface area contributed by atoms with Crippen LogP contribution in [-0.4, -0.2) is 48.7 Å². The van der Waals surface area contributed by atoms with Crippen LogP contribution in [0, 0.1) is 5.92 Å². The second-order valence-electron chi connectivity index (χ2n) is 6.43. The summed E-state index contributed by atoms with van der Waals surface area (Å²) in [6.07, 6.45) is 7.43. The van der Waals surface area contributed by atoms with Gasteiger partial charge in [0.1, 0.15) is 0 Å². The van der Waals surface area contributed by atoms with Crippen molar-refractivity contribution in [3.63, 3.8) is 0 Å². The van der Waals surface area contributed by atoms with Crippen LogP contribution < -0.4 is 5.32 Å². The van der Waals surface area contributed by atoms with E-state index in [0.29, 0.717) is 11.9 Å². The lowest BCUT2D eigenvalue weighted by Crippen LogP contribution is -2.47. The van der Waals surface area contributed by atoms with Crippen LogP contribution in [0.3, 0.4) is 0 Å². The van der Waals surface area contributed by atoms with Gasteiger partial charge >= 0.3 is 0 Å². The summed E-state index contributed by atoms with van der Waals surface area (Å²) in [7, 11) is 0. The number of hydrogen-bond acceptors (Lipinski definition) is 3. The maximum Gasteiger partial charge on any atom is 0.239 e. The molecule has 0 spiro atoms. The summed E-state index contributed by atoms with van der Waals surface area (Å²) < 4.78 is 5.63. The van der Waals surface area contributed by atoms with Crippen LogP contribution in [-0.2, 0) is 9.53 Å². The third kappa shape index (κ3) is 2.95. The number of carbonyl (C=O) groups excluding carboxylic acids is 1. The maximum absolute atomic E-state index is 12.6. The lowest BCUT2D eigenvalue weighted by molar-refractivity contribution is -0.133. The van der Waals surface area contributed by atoms with Crippen LogP contribution in [0.1, 0.15) is 45.4 Å². The van der Waals surface area contributed by atoms with Crippen molar-refractivity contribution in [2.75, 3.05) is 19.7 Å². The standard InChI is InChI=1S/C15H26N2O2/c1-11-10-17(7-4-8-19-11)15(18)14-9-12-5-2-3-6-13(12)16-14/h11-14,16H,2-10H2,1H3. The zero-order valence-corrected chi connectivity index (χ0v) is 11.9. The average Bonchev–Trinajstić information content (AvgIpc) is 2.73. The van der Waals surface area contributed by atoms with E-state index in [1.54, 1.807) is 0 Å². The van der Waals surface area contributed by atoms with Gasteiger partial charge in [0.05, 0.1) is 12.1 Å². The fourth-order valence-corrected chi connectivity index (χ4v) is 3.93. The van der Waals surface area contributed by atoms with E-state index in [0.717, 1.165) is 38.5 Å². The fourth-order valence-electron chi connectivity index (χ4n) is 3.93. The Morgan fingerprint density at radius 3 is 2.95 bits per heavy atom. The highest BCUT2D eigenvalue weighted by molar-refractivity contribution is 5.82. The van der Waals surface area contributed by atoms with E-state index >= 15 is 0 Å². The minimum absolute atomic E-state index is 0.0680. The van der Waals surface area contributed by atoms with E-state index in [4.69, 9.17) is 4.74 Å². The molecule has 3 fully saturated rings. The molecule has 2 saturated heterocycles. The summed E-state index contributed by atoms with van der Waals surface area (Å²) in [5.41, 5.74) is 0. The highest BCUT2D eigenvalue weighted by Crippen LogP contribution is 2.33. The van der Waals surface area contributed by atoms with Gasteiger partial charge in [-0.1, -0.05) is 12.8 Å². The Hall–Kier alpha value is -0.610. The lowest BCUT2D eigenvalue weighted by Gasteiger charge is -2.26. The molecule has 3 rings (SSSR count). The van der Waals surface area contributed by atoms with Gasteiger partial charge in [-0.2, -0.15) is 0 Å². The minimum Gasteiger partial charge on any atom is -0.377 e. The summed E-state index contributed by atoms with van der Waals surface area (Å²) >= 11 is 0. The molecule has 1 N–H and O–H groups in total. The summed E-state index contributed by atoms with van der Waals surface area (Å²) in [4.78, 5) is 14.7. The third-order valence-electron chi connectivity index (χ3n) is 4.92. The van der Waals surface area contributed by atoms with Crippen molar-refractivity contribution in [2.45, 2.75) is 63.6 Å². The van der Waals surface area contributed by atoms with E-state index in [1.807, 2.05) is 4.90 Å². The first-order valence-corrected chi connectivity index (χ1v) is 7.90. The highest BCUT2D eigenvalue weighted by Gasteiger charge is 2.39. The smallest absolute Gasteiger partial charge is 0.239 e. The first-order chi connectivity index (χ1) is 9.24. The van der Waals surface area contributed by atoms with Crippen LogP contribution in [0.25, 0.3) is 0 Å². The van der Waals surface area contributed by atoms with E-state index < -0.39 is 0 Å². The van der Waals surface area contributed by atoms with Crippen LogP contribution in [0.2, 0.25) is 0 Å². The Kier molecular flexibility index (Phi) is 4.08. The number of amides is 1. The predicted molar refractivity (Wildman–Crippen MR) is 73.9 cm³/mol. The summed E-state index contributed by atoms with van der Waals surface area (Å²) in [6.45, 7) is 4.46. The summed E-state index contributed by atoms with van der Waals surface area (Å²) in [6, 6.07) is 0.668. The minimum atomic E-state index is 0.0680. The van der Waals surface area contributed by atoms with Crippen molar-refractivity contribution < 1.29 is 9.53 Å². The highest BCUT2D eigenvalue weighted by atomic mass is 16.5. The van der Waals surface area contributed by atoms with Crippen molar-refractivity contribution in [1.82, 2.24) is 10.2 Å². The second kappa shape index (κ2) is 5.80. The van der Waals surface area contributed by atoms with Gasteiger partial charge in [-0.15, -0.1) is 0 Å². The molecular formula is C15H26N2O2. The summed E-state index contributed by atoms with van der Waals surface area (Å²) in [5.74, 6) is 1.05. The van der Waals surface area contributed by atoms with Crippen LogP contribution in [0.5, 0.6) is 0 Å². The maximum atomic E-state index is 12.6. The van der Waals surface area contributed by atoms with Crippen LogP contribution >= 0.6 is 0 Å². The Morgan fingerprint density at radius 1 is 1.26 bits per heavy atom.